The van der Waals surface area contributed by atoms with Gasteiger partial charge in [0.15, 0.2) is 0 Å². The molecule has 0 aliphatic carbocycles. The maximum absolute atomic E-state index is 13.7. The highest BCUT2D eigenvalue weighted by atomic mass is 35.5. The third kappa shape index (κ3) is 3.82. The second-order valence-corrected chi connectivity index (χ2v) is 5.67. The number of amides is 1. The molecule has 2 aromatic carbocycles. The fraction of sp³-hybridized carbons (Fsp3) is 0.235. The van der Waals surface area contributed by atoms with Crippen LogP contribution in [0.25, 0.3) is 0 Å². The van der Waals surface area contributed by atoms with Gasteiger partial charge in [-0.25, -0.2) is 4.39 Å². The summed E-state index contributed by atoms with van der Waals surface area (Å²) in [4.78, 5) is 12.1. The first-order chi connectivity index (χ1) is 9.86. The first-order valence-corrected chi connectivity index (χ1v) is 7.06. The van der Waals surface area contributed by atoms with Crippen LogP contribution in [0.1, 0.15) is 22.3 Å². The number of carbonyl (C=O) groups is 1. The first-order valence-electron chi connectivity index (χ1n) is 6.68. The van der Waals surface area contributed by atoms with Crippen molar-refractivity contribution in [2.75, 3.05) is 5.32 Å². The summed E-state index contributed by atoms with van der Waals surface area (Å²) in [6.07, 6.45) is -0.0181. The zero-order chi connectivity index (χ0) is 15.6. The number of hydrogen-bond acceptors (Lipinski definition) is 1. The minimum Gasteiger partial charge on any atom is -0.325 e. The Morgan fingerprint density at radius 1 is 1.14 bits per heavy atom. The molecule has 0 radical (unpaired) electrons. The van der Waals surface area contributed by atoms with Crippen LogP contribution in [0.15, 0.2) is 30.3 Å². The molecule has 0 aliphatic heterocycles. The summed E-state index contributed by atoms with van der Waals surface area (Å²) in [5.41, 5.74) is 4.26. The van der Waals surface area contributed by atoms with Crippen molar-refractivity contribution in [2.24, 2.45) is 0 Å². The second-order valence-electron chi connectivity index (χ2n) is 5.23. The first kappa shape index (κ1) is 15.5. The SMILES string of the molecule is Cc1cc(C)c(NC(=O)Cc2ccc(Cl)cc2F)c(C)c1. The van der Waals surface area contributed by atoms with Crippen molar-refractivity contribution in [3.8, 4) is 0 Å². The lowest BCUT2D eigenvalue weighted by Crippen LogP contribution is -2.16. The van der Waals surface area contributed by atoms with E-state index in [4.69, 9.17) is 11.6 Å². The molecular formula is C17H17ClFNO. The lowest BCUT2D eigenvalue weighted by atomic mass is 10.0. The van der Waals surface area contributed by atoms with Gasteiger partial charge in [0.25, 0.3) is 0 Å². The maximum atomic E-state index is 13.7. The van der Waals surface area contributed by atoms with E-state index in [1.807, 2.05) is 32.9 Å². The maximum Gasteiger partial charge on any atom is 0.228 e. The number of carbonyl (C=O) groups excluding carboxylic acids is 1. The summed E-state index contributed by atoms with van der Waals surface area (Å²) >= 11 is 5.70. The van der Waals surface area contributed by atoms with Crippen molar-refractivity contribution in [3.05, 3.63) is 63.4 Å². The monoisotopic (exact) mass is 305 g/mol. The van der Waals surface area contributed by atoms with E-state index in [0.717, 1.165) is 22.4 Å². The molecule has 1 N–H and O–H groups in total. The average Bonchev–Trinajstić information content (AvgIpc) is 2.37. The summed E-state index contributed by atoms with van der Waals surface area (Å²) in [7, 11) is 0. The molecule has 0 aliphatic rings. The number of nitrogens with one attached hydrogen (secondary N) is 1. The van der Waals surface area contributed by atoms with E-state index in [1.54, 1.807) is 6.07 Å². The number of anilines is 1. The predicted molar refractivity (Wildman–Crippen MR) is 84.4 cm³/mol. The third-order valence-corrected chi connectivity index (χ3v) is 3.54. The molecular weight excluding hydrogens is 289 g/mol. The molecule has 21 heavy (non-hydrogen) atoms. The van der Waals surface area contributed by atoms with Crippen LogP contribution < -0.4 is 5.32 Å². The van der Waals surface area contributed by atoms with E-state index in [9.17, 15) is 9.18 Å². The highest BCUT2D eigenvalue weighted by Gasteiger charge is 2.11. The fourth-order valence-corrected chi connectivity index (χ4v) is 2.56. The molecule has 1 amide bonds. The molecule has 0 heterocycles. The second kappa shape index (κ2) is 6.27. The van der Waals surface area contributed by atoms with E-state index in [2.05, 4.69) is 5.32 Å². The number of halogens is 2. The highest BCUT2D eigenvalue weighted by molar-refractivity contribution is 6.30. The molecule has 110 valence electrons. The summed E-state index contributed by atoms with van der Waals surface area (Å²) in [5, 5.41) is 3.18. The lowest BCUT2D eigenvalue weighted by molar-refractivity contribution is -0.115. The van der Waals surface area contributed by atoms with Gasteiger partial charge in [-0.2, -0.15) is 0 Å². The van der Waals surface area contributed by atoms with Crippen LogP contribution in [0.4, 0.5) is 10.1 Å². The Balaban J connectivity index is 2.16. The molecule has 0 atom stereocenters. The largest absolute Gasteiger partial charge is 0.325 e. The zero-order valence-electron chi connectivity index (χ0n) is 12.3. The lowest BCUT2D eigenvalue weighted by Gasteiger charge is -2.13. The topological polar surface area (TPSA) is 29.1 Å². The normalized spacial score (nSPS) is 10.5. The molecule has 2 nitrogen and oxygen atoms in total. The smallest absolute Gasteiger partial charge is 0.228 e. The molecule has 0 bridgehead atoms. The number of benzene rings is 2. The molecule has 0 unspecified atom stereocenters. The fourth-order valence-electron chi connectivity index (χ4n) is 2.40. The Labute approximate surface area is 128 Å². The van der Waals surface area contributed by atoms with Crippen molar-refractivity contribution in [1.29, 1.82) is 0 Å². The minimum atomic E-state index is -0.463. The van der Waals surface area contributed by atoms with E-state index >= 15 is 0 Å². The minimum absolute atomic E-state index is 0.0181. The highest BCUT2D eigenvalue weighted by Crippen LogP contribution is 2.22. The summed E-state index contributed by atoms with van der Waals surface area (Å²) in [6, 6.07) is 8.34. The number of hydrogen-bond donors (Lipinski definition) is 1. The van der Waals surface area contributed by atoms with Crippen molar-refractivity contribution in [2.45, 2.75) is 27.2 Å². The molecule has 2 aromatic rings. The summed E-state index contributed by atoms with van der Waals surface area (Å²) in [6.45, 7) is 5.89. The Bertz CT molecular complexity index is 674. The Morgan fingerprint density at radius 3 is 2.33 bits per heavy atom. The molecule has 0 fully saturated rings. The van der Waals surface area contributed by atoms with E-state index in [-0.39, 0.29) is 12.3 Å². The molecule has 0 aromatic heterocycles. The van der Waals surface area contributed by atoms with Gasteiger partial charge < -0.3 is 5.32 Å². The van der Waals surface area contributed by atoms with Gasteiger partial charge >= 0.3 is 0 Å². The van der Waals surface area contributed by atoms with Crippen LogP contribution in [0, 0.1) is 26.6 Å². The van der Waals surface area contributed by atoms with E-state index in [1.165, 1.54) is 12.1 Å². The van der Waals surface area contributed by atoms with Gasteiger partial charge in [-0.1, -0.05) is 35.4 Å². The van der Waals surface area contributed by atoms with Crippen LogP contribution in [-0.4, -0.2) is 5.91 Å². The Hall–Kier alpha value is -1.87. The zero-order valence-corrected chi connectivity index (χ0v) is 13.0. The van der Waals surface area contributed by atoms with Gasteiger partial charge in [-0.3, -0.25) is 4.79 Å². The van der Waals surface area contributed by atoms with Crippen LogP contribution in [0.3, 0.4) is 0 Å². The number of aryl methyl sites for hydroxylation is 3. The molecule has 0 saturated carbocycles. The predicted octanol–water partition coefficient (Wildman–Crippen LogP) is 4.59. The summed E-state index contributed by atoms with van der Waals surface area (Å²) < 4.78 is 13.7. The molecule has 2 rings (SSSR count). The van der Waals surface area contributed by atoms with E-state index < -0.39 is 5.82 Å². The van der Waals surface area contributed by atoms with Gasteiger partial charge in [0.2, 0.25) is 5.91 Å². The molecule has 0 saturated heterocycles. The third-order valence-electron chi connectivity index (χ3n) is 3.31. The van der Waals surface area contributed by atoms with Gasteiger partial charge in [0.05, 0.1) is 6.42 Å². The molecule has 0 spiro atoms. The molecule has 4 heteroatoms. The van der Waals surface area contributed by atoms with Crippen molar-refractivity contribution < 1.29 is 9.18 Å². The van der Waals surface area contributed by atoms with Crippen LogP contribution >= 0.6 is 11.6 Å². The Kier molecular flexibility index (Phi) is 4.63. The average molecular weight is 306 g/mol. The standard InChI is InChI=1S/C17H17ClFNO/c1-10-6-11(2)17(12(3)7-10)20-16(21)8-13-4-5-14(18)9-15(13)19/h4-7,9H,8H2,1-3H3,(H,20,21). The van der Waals surface area contributed by atoms with E-state index in [0.29, 0.717) is 10.6 Å². The summed E-state index contributed by atoms with van der Waals surface area (Å²) in [5.74, 6) is -0.707. The van der Waals surface area contributed by atoms with Gasteiger partial charge in [0, 0.05) is 10.7 Å². The van der Waals surface area contributed by atoms with Gasteiger partial charge in [0.1, 0.15) is 5.82 Å². The van der Waals surface area contributed by atoms with Crippen molar-refractivity contribution in [1.82, 2.24) is 0 Å². The number of rotatable bonds is 3. The van der Waals surface area contributed by atoms with Gasteiger partial charge in [-0.15, -0.1) is 0 Å². The quantitative estimate of drug-likeness (QED) is 0.883. The van der Waals surface area contributed by atoms with Crippen molar-refractivity contribution in [3.63, 3.8) is 0 Å². The van der Waals surface area contributed by atoms with Crippen LogP contribution in [0.5, 0.6) is 0 Å². The van der Waals surface area contributed by atoms with Crippen molar-refractivity contribution >= 4 is 23.2 Å². The Morgan fingerprint density at radius 2 is 1.76 bits per heavy atom. The van der Waals surface area contributed by atoms with Gasteiger partial charge in [-0.05, 0) is 49.6 Å². The van der Waals surface area contributed by atoms with Crippen LogP contribution in [-0.2, 0) is 11.2 Å². The van der Waals surface area contributed by atoms with Crippen LogP contribution in [0.2, 0.25) is 5.02 Å².